The zero-order chi connectivity index (χ0) is 14.0. The third-order valence-electron chi connectivity index (χ3n) is 4.01. The first-order chi connectivity index (χ1) is 8.98. The predicted octanol–water partition coefficient (Wildman–Crippen LogP) is 3.98. The average Bonchev–Trinajstić information content (AvgIpc) is 2.38. The maximum atomic E-state index is 14.0. The van der Waals surface area contributed by atoms with E-state index in [1.54, 1.807) is 6.07 Å². The van der Waals surface area contributed by atoms with E-state index in [0.717, 1.165) is 32.1 Å². The summed E-state index contributed by atoms with van der Waals surface area (Å²) in [4.78, 5) is 0. The lowest BCUT2D eigenvalue weighted by molar-refractivity contribution is 0.282. The van der Waals surface area contributed by atoms with Crippen LogP contribution in [-0.2, 0) is 5.54 Å². The summed E-state index contributed by atoms with van der Waals surface area (Å²) >= 11 is 0. The molecule has 106 valence electrons. The highest BCUT2D eigenvalue weighted by Crippen LogP contribution is 2.41. The fourth-order valence-corrected chi connectivity index (χ4v) is 2.87. The second kappa shape index (κ2) is 5.45. The monoisotopic (exact) mass is 269 g/mol. The van der Waals surface area contributed by atoms with Crippen molar-refractivity contribution < 1.29 is 13.5 Å². The smallest absolute Gasteiger partial charge is 0.165 e. The molecule has 0 aromatic heterocycles. The summed E-state index contributed by atoms with van der Waals surface area (Å²) in [5.41, 5.74) is 6.75. The molecule has 2 N–H and O–H groups in total. The van der Waals surface area contributed by atoms with E-state index in [1.807, 2.05) is 0 Å². The van der Waals surface area contributed by atoms with Crippen molar-refractivity contribution in [3.63, 3.8) is 0 Å². The van der Waals surface area contributed by atoms with Crippen LogP contribution in [0.4, 0.5) is 8.78 Å². The van der Waals surface area contributed by atoms with Crippen molar-refractivity contribution in [3.05, 3.63) is 29.1 Å². The quantitative estimate of drug-likeness (QED) is 0.900. The Morgan fingerprint density at radius 1 is 1.26 bits per heavy atom. The van der Waals surface area contributed by atoms with Crippen LogP contribution in [0.15, 0.2) is 12.1 Å². The van der Waals surface area contributed by atoms with Crippen molar-refractivity contribution in [3.8, 4) is 5.75 Å². The fraction of sp³-hybridized carbons (Fsp3) is 0.600. The Hall–Kier alpha value is -1.16. The van der Waals surface area contributed by atoms with Crippen LogP contribution in [0.1, 0.15) is 56.3 Å². The maximum absolute atomic E-state index is 14.0. The second-order valence-electron chi connectivity index (χ2n) is 5.42. The van der Waals surface area contributed by atoms with Gasteiger partial charge in [-0.3, -0.25) is 0 Å². The molecule has 1 aliphatic carbocycles. The Kier molecular flexibility index (Phi) is 4.09. The Morgan fingerprint density at radius 3 is 2.42 bits per heavy atom. The predicted molar refractivity (Wildman–Crippen MR) is 71.4 cm³/mol. The molecule has 2 rings (SSSR count). The van der Waals surface area contributed by atoms with Gasteiger partial charge in [0, 0.05) is 11.1 Å². The molecule has 0 heterocycles. The van der Waals surface area contributed by atoms with Crippen LogP contribution >= 0.6 is 0 Å². The molecule has 4 heteroatoms. The van der Waals surface area contributed by atoms with Gasteiger partial charge in [0.25, 0.3) is 0 Å². The summed E-state index contributed by atoms with van der Waals surface area (Å²) in [6, 6.07) is 2.86. The Labute approximate surface area is 112 Å². The number of nitrogens with two attached hydrogens (primary N) is 1. The molecule has 0 radical (unpaired) electrons. The van der Waals surface area contributed by atoms with Gasteiger partial charge < -0.3 is 10.5 Å². The molecule has 0 aliphatic heterocycles. The molecule has 0 amide bonds. The molecule has 1 fully saturated rings. The highest BCUT2D eigenvalue weighted by Gasteiger charge is 2.34. The molecule has 0 spiro atoms. The number of hydrogen-bond acceptors (Lipinski definition) is 2. The molecule has 0 saturated heterocycles. The van der Waals surface area contributed by atoms with E-state index in [4.69, 9.17) is 10.5 Å². The number of ether oxygens (including phenoxy) is 1. The van der Waals surface area contributed by atoms with E-state index in [2.05, 4.69) is 0 Å². The fourth-order valence-electron chi connectivity index (χ4n) is 2.87. The number of methoxy groups -OCH3 is 1. The Bertz CT molecular complexity index is 454. The SMILES string of the molecule is COc1c(F)cc(C(C)F)cc1C1(N)CCCCC1. The van der Waals surface area contributed by atoms with Crippen molar-refractivity contribution in [2.24, 2.45) is 5.73 Å². The highest BCUT2D eigenvalue weighted by molar-refractivity contribution is 5.44. The first-order valence-corrected chi connectivity index (χ1v) is 6.79. The molecule has 1 unspecified atom stereocenters. The summed E-state index contributed by atoms with van der Waals surface area (Å²) in [5.74, 6) is -0.372. The van der Waals surface area contributed by atoms with Crippen LogP contribution in [0.3, 0.4) is 0 Å². The molecule has 19 heavy (non-hydrogen) atoms. The first kappa shape index (κ1) is 14.3. The minimum Gasteiger partial charge on any atom is -0.493 e. The summed E-state index contributed by atoms with van der Waals surface area (Å²) < 4.78 is 32.7. The van der Waals surface area contributed by atoms with Gasteiger partial charge in [0.15, 0.2) is 11.6 Å². The van der Waals surface area contributed by atoms with Crippen molar-refractivity contribution in [1.29, 1.82) is 0 Å². The molecule has 1 aliphatic rings. The zero-order valence-corrected chi connectivity index (χ0v) is 11.5. The summed E-state index contributed by atoms with van der Waals surface area (Å²) in [6.07, 6.45) is 3.52. The summed E-state index contributed by atoms with van der Waals surface area (Å²) in [7, 11) is 1.42. The minimum atomic E-state index is -1.22. The van der Waals surface area contributed by atoms with Gasteiger partial charge in [-0.2, -0.15) is 0 Å². The largest absolute Gasteiger partial charge is 0.493 e. The molecule has 1 saturated carbocycles. The lowest BCUT2D eigenvalue weighted by Crippen LogP contribution is -2.39. The topological polar surface area (TPSA) is 35.2 Å². The van der Waals surface area contributed by atoms with Crippen LogP contribution in [0.2, 0.25) is 0 Å². The highest BCUT2D eigenvalue weighted by atomic mass is 19.1. The van der Waals surface area contributed by atoms with Crippen LogP contribution in [0.5, 0.6) is 5.75 Å². The van der Waals surface area contributed by atoms with E-state index in [9.17, 15) is 8.78 Å². The zero-order valence-electron chi connectivity index (χ0n) is 11.5. The van der Waals surface area contributed by atoms with Gasteiger partial charge in [-0.1, -0.05) is 19.3 Å². The van der Waals surface area contributed by atoms with Gasteiger partial charge >= 0.3 is 0 Å². The molecule has 1 aromatic carbocycles. The van der Waals surface area contributed by atoms with Crippen LogP contribution in [-0.4, -0.2) is 7.11 Å². The number of hydrogen-bond donors (Lipinski definition) is 1. The standard InChI is InChI=1S/C15H21F2NO/c1-10(16)11-8-12(14(19-2)13(17)9-11)15(18)6-4-3-5-7-15/h8-10H,3-7,18H2,1-2H3. The van der Waals surface area contributed by atoms with Crippen molar-refractivity contribution in [2.75, 3.05) is 7.11 Å². The van der Waals surface area contributed by atoms with Crippen LogP contribution in [0, 0.1) is 5.82 Å². The number of rotatable bonds is 3. The van der Waals surface area contributed by atoms with E-state index >= 15 is 0 Å². The summed E-state index contributed by atoms with van der Waals surface area (Å²) in [6.45, 7) is 1.40. The van der Waals surface area contributed by atoms with Gasteiger partial charge in [0.1, 0.15) is 6.17 Å². The molecule has 1 atom stereocenters. The van der Waals surface area contributed by atoms with Crippen molar-refractivity contribution in [2.45, 2.75) is 50.7 Å². The van der Waals surface area contributed by atoms with E-state index < -0.39 is 17.5 Å². The molecule has 0 bridgehead atoms. The van der Waals surface area contributed by atoms with Gasteiger partial charge in [-0.05, 0) is 37.5 Å². The van der Waals surface area contributed by atoms with Crippen LogP contribution in [0.25, 0.3) is 0 Å². The van der Waals surface area contributed by atoms with Crippen LogP contribution < -0.4 is 10.5 Å². The van der Waals surface area contributed by atoms with Gasteiger partial charge in [-0.15, -0.1) is 0 Å². The van der Waals surface area contributed by atoms with Gasteiger partial charge in [-0.25, -0.2) is 8.78 Å². The van der Waals surface area contributed by atoms with Gasteiger partial charge in [0.2, 0.25) is 0 Å². The third kappa shape index (κ3) is 2.73. The molecular weight excluding hydrogens is 248 g/mol. The van der Waals surface area contributed by atoms with Gasteiger partial charge in [0.05, 0.1) is 7.11 Å². The minimum absolute atomic E-state index is 0.161. The Morgan fingerprint density at radius 2 is 1.89 bits per heavy atom. The Balaban J connectivity index is 2.52. The average molecular weight is 269 g/mol. The van der Waals surface area contributed by atoms with E-state index in [-0.39, 0.29) is 5.75 Å². The van der Waals surface area contributed by atoms with E-state index in [0.29, 0.717) is 11.1 Å². The molecular formula is C15H21F2NO. The second-order valence-corrected chi connectivity index (χ2v) is 5.42. The lowest BCUT2D eigenvalue weighted by Gasteiger charge is -2.35. The maximum Gasteiger partial charge on any atom is 0.165 e. The summed E-state index contributed by atoms with van der Waals surface area (Å²) in [5, 5.41) is 0. The molecule has 2 nitrogen and oxygen atoms in total. The normalized spacial score (nSPS) is 20.1. The molecule has 1 aromatic rings. The van der Waals surface area contributed by atoms with E-state index in [1.165, 1.54) is 20.1 Å². The number of benzene rings is 1. The van der Waals surface area contributed by atoms with Crippen molar-refractivity contribution in [1.82, 2.24) is 0 Å². The lowest BCUT2D eigenvalue weighted by atomic mass is 9.76. The number of alkyl halides is 1. The number of halogens is 2. The van der Waals surface area contributed by atoms with Crippen molar-refractivity contribution >= 4 is 0 Å². The first-order valence-electron chi connectivity index (χ1n) is 6.79. The third-order valence-corrected chi connectivity index (χ3v) is 4.01.